The predicted octanol–water partition coefficient (Wildman–Crippen LogP) is 2.43. The van der Waals surface area contributed by atoms with Crippen molar-refractivity contribution in [3.05, 3.63) is 46.0 Å². The van der Waals surface area contributed by atoms with Crippen LogP contribution in [0.3, 0.4) is 0 Å². The number of benzene rings is 1. The van der Waals surface area contributed by atoms with Gasteiger partial charge in [0.1, 0.15) is 0 Å². The van der Waals surface area contributed by atoms with Gasteiger partial charge < -0.3 is 9.84 Å². The molecule has 0 radical (unpaired) electrons. The number of aryl methyl sites for hydroxylation is 2. The Hall–Kier alpha value is -1.69. The van der Waals surface area contributed by atoms with Crippen molar-refractivity contribution >= 4 is 21.8 Å². The van der Waals surface area contributed by atoms with Gasteiger partial charge in [-0.25, -0.2) is 0 Å². The summed E-state index contributed by atoms with van der Waals surface area (Å²) in [4.78, 5) is 15.8. The zero-order chi connectivity index (χ0) is 14.4. The molecule has 0 bridgehead atoms. The van der Waals surface area contributed by atoms with E-state index in [1.165, 1.54) is 0 Å². The first-order valence-electron chi connectivity index (χ1n) is 6.44. The quantitative estimate of drug-likeness (QED) is 0.878. The Balaban J connectivity index is 1.66. The number of nitrogens with one attached hydrogen (secondary N) is 1. The third-order valence-corrected chi connectivity index (χ3v) is 3.31. The highest BCUT2D eigenvalue weighted by Gasteiger charge is 2.05. The fraction of sp³-hybridized carbons (Fsp3) is 0.357. The van der Waals surface area contributed by atoms with Gasteiger partial charge in [0.15, 0.2) is 5.82 Å². The van der Waals surface area contributed by atoms with Crippen molar-refractivity contribution in [2.45, 2.75) is 26.2 Å². The maximum Gasteiger partial charge on any atom is 0.228 e. The molecule has 2 aromatic rings. The summed E-state index contributed by atoms with van der Waals surface area (Å²) in [7, 11) is 0. The van der Waals surface area contributed by atoms with E-state index in [-0.39, 0.29) is 5.91 Å². The molecule has 1 N–H and O–H groups in total. The first-order chi connectivity index (χ1) is 9.63. The minimum atomic E-state index is 0.0316. The van der Waals surface area contributed by atoms with E-state index >= 15 is 0 Å². The molecule has 6 heteroatoms. The fourth-order valence-electron chi connectivity index (χ4n) is 1.75. The van der Waals surface area contributed by atoms with Gasteiger partial charge in [-0.05, 0) is 31.0 Å². The topological polar surface area (TPSA) is 68.0 Å². The van der Waals surface area contributed by atoms with Gasteiger partial charge >= 0.3 is 0 Å². The molecular weight excluding hydrogens is 322 g/mol. The lowest BCUT2D eigenvalue weighted by atomic mass is 10.1. The van der Waals surface area contributed by atoms with Gasteiger partial charge in [-0.15, -0.1) is 0 Å². The van der Waals surface area contributed by atoms with Crippen LogP contribution in [0.15, 0.2) is 33.3 Å². The third kappa shape index (κ3) is 4.77. The second-order valence-corrected chi connectivity index (χ2v) is 5.38. The summed E-state index contributed by atoms with van der Waals surface area (Å²) >= 11 is 3.38. The number of hydrogen-bond donors (Lipinski definition) is 1. The summed E-state index contributed by atoms with van der Waals surface area (Å²) in [6.45, 7) is 2.28. The average Bonchev–Trinajstić information content (AvgIpc) is 2.84. The Morgan fingerprint density at radius 2 is 2.05 bits per heavy atom. The molecule has 1 aromatic carbocycles. The number of amides is 1. The van der Waals surface area contributed by atoms with Crippen LogP contribution >= 0.6 is 15.9 Å². The Morgan fingerprint density at radius 1 is 1.30 bits per heavy atom. The monoisotopic (exact) mass is 337 g/mol. The number of hydrogen-bond acceptors (Lipinski definition) is 4. The Bertz CT molecular complexity index is 566. The summed E-state index contributed by atoms with van der Waals surface area (Å²) < 4.78 is 6.01. The Labute approximate surface area is 125 Å². The smallest absolute Gasteiger partial charge is 0.228 e. The molecule has 0 aliphatic rings. The zero-order valence-electron chi connectivity index (χ0n) is 11.2. The molecule has 5 nitrogen and oxygen atoms in total. The van der Waals surface area contributed by atoms with Gasteiger partial charge in [-0.3, -0.25) is 4.79 Å². The molecule has 20 heavy (non-hydrogen) atoms. The molecule has 0 fully saturated rings. The molecule has 0 saturated heterocycles. The minimum Gasteiger partial charge on any atom is -0.356 e. The number of halogens is 1. The fourth-order valence-corrected chi connectivity index (χ4v) is 2.01. The van der Waals surface area contributed by atoms with Crippen LogP contribution < -0.4 is 5.32 Å². The van der Waals surface area contributed by atoms with Gasteiger partial charge in [0.25, 0.3) is 0 Å². The molecule has 0 saturated carbocycles. The van der Waals surface area contributed by atoms with E-state index in [1.807, 2.05) is 24.3 Å². The van der Waals surface area contributed by atoms with Crippen molar-refractivity contribution in [2.75, 3.05) is 6.54 Å². The van der Waals surface area contributed by atoms with Crippen LogP contribution in [0.4, 0.5) is 0 Å². The summed E-state index contributed by atoms with van der Waals surface area (Å²) in [6.07, 6.45) is 1.77. The predicted molar refractivity (Wildman–Crippen MR) is 78.2 cm³/mol. The normalized spacial score (nSPS) is 10.5. The standard InChI is InChI=1S/C14H16BrN3O2/c1-10-17-14(20-18-10)8-9-16-13(19)7-4-11-2-5-12(15)6-3-11/h2-3,5-6H,4,7-9H2,1H3,(H,16,19). The molecule has 1 aromatic heterocycles. The van der Waals surface area contributed by atoms with E-state index < -0.39 is 0 Å². The molecule has 0 aliphatic carbocycles. The Kier molecular flexibility index (Phi) is 5.29. The highest BCUT2D eigenvalue weighted by molar-refractivity contribution is 9.10. The number of carbonyl (C=O) groups is 1. The molecule has 106 valence electrons. The van der Waals surface area contributed by atoms with Crippen LogP contribution in [0.2, 0.25) is 0 Å². The minimum absolute atomic E-state index is 0.0316. The van der Waals surface area contributed by atoms with Crippen LogP contribution in [0.5, 0.6) is 0 Å². The van der Waals surface area contributed by atoms with Crippen molar-refractivity contribution in [1.82, 2.24) is 15.5 Å². The van der Waals surface area contributed by atoms with Gasteiger partial charge in [-0.1, -0.05) is 33.2 Å². The molecule has 0 atom stereocenters. The van der Waals surface area contributed by atoms with Crippen LogP contribution in [-0.4, -0.2) is 22.6 Å². The number of nitrogens with zero attached hydrogens (tertiary/aromatic N) is 2. The van der Waals surface area contributed by atoms with E-state index in [1.54, 1.807) is 6.92 Å². The van der Waals surface area contributed by atoms with Crippen molar-refractivity contribution < 1.29 is 9.32 Å². The highest BCUT2D eigenvalue weighted by atomic mass is 79.9. The SMILES string of the molecule is Cc1noc(CCNC(=O)CCc2ccc(Br)cc2)n1. The van der Waals surface area contributed by atoms with Crippen LogP contribution in [-0.2, 0) is 17.6 Å². The second-order valence-electron chi connectivity index (χ2n) is 4.46. The largest absolute Gasteiger partial charge is 0.356 e. The summed E-state index contributed by atoms with van der Waals surface area (Å²) in [5.41, 5.74) is 1.15. The van der Waals surface area contributed by atoms with Crippen molar-refractivity contribution in [2.24, 2.45) is 0 Å². The van der Waals surface area contributed by atoms with E-state index in [0.29, 0.717) is 31.1 Å². The molecule has 1 heterocycles. The molecular formula is C14H16BrN3O2. The van der Waals surface area contributed by atoms with Gasteiger partial charge in [-0.2, -0.15) is 4.98 Å². The number of aromatic nitrogens is 2. The maximum absolute atomic E-state index is 11.7. The Morgan fingerprint density at radius 3 is 2.70 bits per heavy atom. The van der Waals surface area contributed by atoms with E-state index in [2.05, 4.69) is 31.4 Å². The maximum atomic E-state index is 11.7. The zero-order valence-corrected chi connectivity index (χ0v) is 12.8. The van der Waals surface area contributed by atoms with Crippen LogP contribution in [0, 0.1) is 6.92 Å². The molecule has 0 unspecified atom stereocenters. The van der Waals surface area contributed by atoms with Gasteiger partial charge in [0.05, 0.1) is 0 Å². The first kappa shape index (κ1) is 14.7. The van der Waals surface area contributed by atoms with Crippen LogP contribution in [0.25, 0.3) is 0 Å². The van der Waals surface area contributed by atoms with Crippen molar-refractivity contribution in [3.8, 4) is 0 Å². The lowest BCUT2D eigenvalue weighted by Crippen LogP contribution is -2.25. The first-order valence-corrected chi connectivity index (χ1v) is 7.23. The molecule has 1 amide bonds. The molecule has 0 aliphatic heterocycles. The summed E-state index contributed by atoms with van der Waals surface area (Å²) in [6, 6.07) is 7.98. The van der Waals surface area contributed by atoms with Crippen molar-refractivity contribution in [1.29, 1.82) is 0 Å². The third-order valence-electron chi connectivity index (χ3n) is 2.78. The number of carbonyl (C=O) groups excluding carboxylic acids is 1. The van der Waals surface area contributed by atoms with E-state index in [4.69, 9.17) is 4.52 Å². The van der Waals surface area contributed by atoms with E-state index in [0.717, 1.165) is 16.5 Å². The molecule has 2 rings (SSSR count). The molecule has 0 spiro atoms. The lowest BCUT2D eigenvalue weighted by Gasteiger charge is -2.04. The van der Waals surface area contributed by atoms with E-state index in [9.17, 15) is 4.79 Å². The lowest BCUT2D eigenvalue weighted by molar-refractivity contribution is -0.121. The van der Waals surface area contributed by atoms with Crippen LogP contribution in [0.1, 0.15) is 23.7 Å². The summed E-state index contributed by atoms with van der Waals surface area (Å²) in [5.74, 6) is 1.20. The van der Waals surface area contributed by atoms with Crippen molar-refractivity contribution in [3.63, 3.8) is 0 Å². The summed E-state index contributed by atoms with van der Waals surface area (Å²) in [5, 5.41) is 6.54. The van der Waals surface area contributed by atoms with Gasteiger partial charge in [0, 0.05) is 23.9 Å². The second kappa shape index (κ2) is 7.19. The van der Waals surface area contributed by atoms with Gasteiger partial charge in [0.2, 0.25) is 11.8 Å². The number of rotatable bonds is 6. The average molecular weight is 338 g/mol. The highest BCUT2D eigenvalue weighted by Crippen LogP contribution is 2.11.